The first kappa shape index (κ1) is 12.8. The number of carbonyl (C=O) groups is 1. The van der Waals surface area contributed by atoms with Crippen molar-refractivity contribution in [2.45, 2.75) is 18.9 Å². The Morgan fingerprint density at radius 1 is 1.35 bits per heavy atom. The molecule has 2 fully saturated rings. The molecule has 17 heavy (non-hydrogen) atoms. The predicted molar refractivity (Wildman–Crippen MR) is 63.9 cm³/mol. The van der Waals surface area contributed by atoms with Crippen molar-refractivity contribution in [2.75, 3.05) is 53.0 Å². The number of esters is 1. The molecule has 2 rings (SSSR count). The topological polar surface area (TPSA) is 42.0 Å². The van der Waals surface area contributed by atoms with Gasteiger partial charge in [-0.15, -0.1) is 0 Å². The molecule has 2 heterocycles. The zero-order chi connectivity index (χ0) is 12.1. The minimum atomic E-state index is -0.0572. The summed E-state index contributed by atoms with van der Waals surface area (Å²) < 4.78 is 10.6. The van der Waals surface area contributed by atoms with Crippen molar-refractivity contribution in [1.29, 1.82) is 0 Å². The van der Waals surface area contributed by atoms with Gasteiger partial charge in [0.1, 0.15) is 12.6 Å². The van der Waals surface area contributed by atoms with Crippen molar-refractivity contribution in [1.82, 2.24) is 9.80 Å². The molecule has 0 aromatic heterocycles. The summed E-state index contributed by atoms with van der Waals surface area (Å²) >= 11 is 0. The summed E-state index contributed by atoms with van der Waals surface area (Å²) in [5.41, 5.74) is 0. The van der Waals surface area contributed by atoms with E-state index < -0.39 is 0 Å². The largest absolute Gasteiger partial charge is 0.463 e. The van der Waals surface area contributed by atoms with Crippen molar-refractivity contribution < 1.29 is 14.3 Å². The van der Waals surface area contributed by atoms with Gasteiger partial charge in [-0.05, 0) is 26.4 Å². The van der Waals surface area contributed by atoms with E-state index in [1.54, 1.807) is 0 Å². The molecule has 2 aliphatic heterocycles. The third kappa shape index (κ3) is 3.66. The third-order valence-electron chi connectivity index (χ3n) is 3.55. The molecule has 2 aliphatic rings. The molecule has 0 radical (unpaired) electrons. The van der Waals surface area contributed by atoms with Crippen LogP contribution < -0.4 is 0 Å². The van der Waals surface area contributed by atoms with Crippen LogP contribution in [-0.4, -0.2) is 74.9 Å². The number of nitrogens with zero attached hydrogens (tertiary/aromatic N) is 2. The molecule has 0 N–H and O–H groups in total. The van der Waals surface area contributed by atoms with Gasteiger partial charge in [0.2, 0.25) is 0 Å². The van der Waals surface area contributed by atoms with Crippen molar-refractivity contribution in [3.05, 3.63) is 0 Å². The van der Waals surface area contributed by atoms with Crippen LogP contribution in [0.5, 0.6) is 0 Å². The first-order valence-electron chi connectivity index (χ1n) is 6.44. The fraction of sp³-hybridized carbons (Fsp3) is 0.917. The lowest BCUT2D eigenvalue weighted by molar-refractivity contribution is -0.149. The molecular weight excluding hydrogens is 220 g/mol. The van der Waals surface area contributed by atoms with E-state index >= 15 is 0 Å². The number of morpholine rings is 1. The van der Waals surface area contributed by atoms with Gasteiger partial charge in [-0.2, -0.15) is 0 Å². The number of rotatable bonds is 4. The molecule has 0 spiro atoms. The lowest BCUT2D eigenvalue weighted by Crippen LogP contribution is -2.40. The molecule has 0 amide bonds. The Bertz CT molecular complexity index is 254. The van der Waals surface area contributed by atoms with E-state index in [2.05, 4.69) is 9.80 Å². The van der Waals surface area contributed by atoms with E-state index in [1.807, 2.05) is 7.05 Å². The lowest BCUT2D eigenvalue weighted by Gasteiger charge is -2.26. The molecule has 5 heteroatoms. The number of carbonyl (C=O) groups excluding carboxylic acids is 1. The summed E-state index contributed by atoms with van der Waals surface area (Å²) in [6.45, 7) is 5.80. The first-order valence-corrected chi connectivity index (χ1v) is 6.44. The van der Waals surface area contributed by atoms with E-state index in [4.69, 9.17) is 9.47 Å². The number of hydrogen-bond donors (Lipinski definition) is 0. The number of ether oxygens (including phenoxy) is 2. The SMILES string of the molecule is CN1CCC[C@H]1C(=O)OCCN1CCOCC1. The summed E-state index contributed by atoms with van der Waals surface area (Å²) in [6, 6.07) is -0.0142. The zero-order valence-electron chi connectivity index (χ0n) is 10.6. The van der Waals surface area contributed by atoms with Crippen LogP contribution in [0.4, 0.5) is 0 Å². The number of hydrogen-bond acceptors (Lipinski definition) is 5. The highest BCUT2D eigenvalue weighted by Gasteiger charge is 2.28. The quantitative estimate of drug-likeness (QED) is 0.647. The molecule has 5 nitrogen and oxygen atoms in total. The monoisotopic (exact) mass is 242 g/mol. The smallest absolute Gasteiger partial charge is 0.323 e. The van der Waals surface area contributed by atoms with Crippen LogP contribution in [0.15, 0.2) is 0 Å². The highest BCUT2D eigenvalue weighted by atomic mass is 16.5. The van der Waals surface area contributed by atoms with E-state index in [0.29, 0.717) is 6.61 Å². The molecule has 98 valence electrons. The fourth-order valence-corrected chi connectivity index (χ4v) is 2.40. The minimum Gasteiger partial charge on any atom is -0.463 e. The first-order chi connectivity index (χ1) is 8.27. The summed E-state index contributed by atoms with van der Waals surface area (Å²) in [6.07, 6.45) is 2.03. The van der Waals surface area contributed by atoms with Crippen LogP contribution in [0.25, 0.3) is 0 Å². The summed E-state index contributed by atoms with van der Waals surface area (Å²) in [4.78, 5) is 16.1. The Hall–Kier alpha value is -0.650. The molecule has 2 saturated heterocycles. The molecule has 0 aromatic carbocycles. The second-order valence-electron chi connectivity index (χ2n) is 4.76. The number of likely N-dealkylation sites (N-methyl/N-ethyl adjacent to an activating group) is 1. The third-order valence-corrected chi connectivity index (χ3v) is 3.55. The van der Waals surface area contributed by atoms with Crippen molar-refractivity contribution in [3.8, 4) is 0 Å². The highest BCUT2D eigenvalue weighted by Crippen LogP contribution is 2.15. The second kappa shape index (κ2) is 6.33. The molecule has 0 bridgehead atoms. The maximum absolute atomic E-state index is 11.8. The Labute approximate surface area is 103 Å². The minimum absolute atomic E-state index is 0.0142. The van der Waals surface area contributed by atoms with Gasteiger partial charge >= 0.3 is 5.97 Å². The Kier molecular flexibility index (Phi) is 4.76. The fourth-order valence-electron chi connectivity index (χ4n) is 2.40. The summed E-state index contributed by atoms with van der Waals surface area (Å²) in [5, 5.41) is 0. The average molecular weight is 242 g/mol. The van der Waals surface area contributed by atoms with Crippen molar-refractivity contribution >= 4 is 5.97 Å². The van der Waals surface area contributed by atoms with E-state index in [9.17, 15) is 4.79 Å². The zero-order valence-corrected chi connectivity index (χ0v) is 10.6. The van der Waals surface area contributed by atoms with E-state index in [1.165, 1.54) is 0 Å². The lowest BCUT2D eigenvalue weighted by atomic mass is 10.2. The second-order valence-corrected chi connectivity index (χ2v) is 4.76. The Morgan fingerprint density at radius 2 is 2.12 bits per heavy atom. The van der Waals surface area contributed by atoms with Crippen molar-refractivity contribution in [2.24, 2.45) is 0 Å². The number of likely N-dealkylation sites (tertiary alicyclic amines) is 1. The molecule has 0 saturated carbocycles. The standard InChI is InChI=1S/C12H22N2O3/c1-13-4-2-3-11(13)12(15)17-10-7-14-5-8-16-9-6-14/h11H,2-10H2,1H3/t11-/m0/s1. The highest BCUT2D eigenvalue weighted by molar-refractivity contribution is 5.76. The van der Waals surface area contributed by atoms with Gasteiger partial charge < -0.3 is 9.47 Å². The predicted octanol–water partition coefficient (Wildman–Crippen LogP) is -0.0440. The average Bonchev–Trinajstić information content (AvgIpc) is 2.77. The maximum Gasteiger partial charge on any atom is 0.323 e. The normalized spacial score (nSPS) is 27.2. The molecule has 0 aliphatic carbocycles. The molecule has 0 unspecified atom stereocenters. The molecular formula is C12H22N2O3. The Balaban J connectivity index is 1.62. The van der Waals surface area contributed by atoms with Gasteiger partial charge in [-0.3, -0.25) is 14.6 Å². The van der Waals surface area contributed by atoms with Gasteiger partial charge in [0.15, 0.2) is 0 Å². The maximum atomic E-state index is 11.8. The van der Waals surface area contributed by atoms with Gasteiger partial charge in [-0.25, -0.2) is 0 Å². The van der Waals surface area contributed by atoms with Gasteiger partial charge in [0, 0.05) is 19.6 Å². The molecule has 1 atom stereocenters. The Morgan fingerprint density at radius 3 is 2.76 bits per heavy atom. The van der Waals surface area contributed by atoms with Crippen LogP contribution in [0.1, 0.15) is 12.8 Å². The van der Waals surface area contributed by atoms with E-state index in [0.717, 1.165) is 52.2 Å². The van der Waals surface area contributed by atoms with Crippen LogP contribution in [-0.2, 0) is 14.3 Å². The van der Waals surface area contributed by atoms with Crippen molar-refractivity contribution in [3.63, 3.8) is 0 Å². The molecule has 0 aromatic rings. The van der Waals surface area contributed by atoms with Gasteiger partial charge in [-0.1, -0.05) is 0 Å². The van der Waals surface area contributed by atoms with Crippen LogP contribution in [0.2, 0.25) is 0 Å². The van der Waals surface area contributed by atoms with Crippen LogP contribution in [0, 0.1) is 0 Å². The van der Waals surface area contributed by atoms with Gasteiger partial charge in [0.25, 0.3) is 0 Å². The van der Waals surface area contributed by atoms with Gasteiger partial charge in [0.05, 0.1) is 13.2 Å². The summed E-state index contributed by atoms with van der Waals surface area (Å²) in [5.74, 6) is -0.0572. The van der Waals surface area contributed by atoms with Crippen LogP contribution in [0.3, 0.4) is 0 Å². The van der Waals surface area contributed by atoms with E-state index in [-0.39, 0.29) is 12.0 Å². The summed E-state index contributed by atoms with van der Waals surface area (Å²) in [7, 11) is 1.99. The van der Waals surface area contributed by atoms with Crippen LogP contribution >= 0.6 is 0 Å².